The number of benzene rings is 2. The number of aryl methyl sites for hydroxylation is 1. The van der Waals surface area contributed by atoms with E-state index >= 15 is 0 Å². The van der Waals surface area contributed by atoms with Crippen LogP contribution in [0, 0.1) is 0 Å². The quantitative estimate of drug-likeness (QED) is 0.605. The number of methoxy groups -OCH3 is 1. The van der Waals surface area contributed by atoms with Crippen LogP contribution in [0.25, 0.3) is 22.2 Å². The molecule has 0 aliphatic carbocycles. The van der Waals surface area contributed by atoms with E-state index in [-0.39, 0.29) is 0 Å². The lowest BCUT2D eigenvalue weighted by Crippen LogP contribution is -1.99. The molecule has 0 amide bonds. The van der Waals surface area contributed by atoms with Gasteiger partial charge in [0.05, 0.1) is 12.6 Å². The molecule has 120 valence electrons. The zero-order valence-corrected chi connectivity index (χ0v) is 14.8. The summed E-state index contributed by atoms with van der Waals surface area (Å²) in [5, 5.41) is 1.28. The van der Waals surface area contributed by atoms with Crippen LogP contribution in [0.5, 0.6) is 5.75 Å². The topological polar surface area (TPSA) is 51.0 Å². The number of hydrogen-bond donors (Lipinski definition) is 2. The molecule has 3 aromatic rings. The minimum atomic E-state index is 0.740. The van der Waals surface area contributed by atoms with Gasteiger partial charge in [-0.3, -0.25) is 0 Å². The summed E-state index contributed by atoms with van der Waals surface area (Å²) in [7, 11) is 1.69. The molecule has 23 heavy (non-hydrogen) atoms. The highest BCUT2D eigenvalue weighted by molar-refractivity contribution is 9.10. The van der Waals surface area contributed by atoms with Crippen molar-refractivity contribution in [3.63, 3.8) is 0 Å². The zero-order valence-electron chi connectivity index (χ0n) is 13.2. The van der Waals surface area contributed by atoms with Gasteiger partial charge in [-0.25, -0.2) is 0 Å². The van der Waals surface area contributed by atoms with Crippen molar-refractivity contribution in [2.24, 2.45) is 5.73 Å². The summed E-state index contributed by atoms with van der Waals surface area (Å²) >= 11 is 3.65. The standard InChI is InChI=1S/C19H21BrN2O/c1-23-14-10-8-13(9-11-14)18-15(5-2-3-12-21)16-6-4-7-17(20)19(16)22-18/h4,6-11,22H,2-3,5,12,21H2,1H3. The van der Waals surface area contributed by atoms with Gasteiger partial charge < -0.3 is 15.5 Å². The van der Waals surface area contributed by atoms with Crippen LogP contribution in [0.1, 0.15) is 18.4 Å². The molecule has 0 spiro atoms. The molecule has 1 heterocycles. The summed E-state index contributed by atoms with van der Waals surface area (Å²) in [6, 6.07) is 14.5. The van der Waals surface area contributed by atoms with Crippen LogP contribution in [0.15, 0.2) is 46.9 Å². The normalized spacial score (nSPS) is 11.1. The minimum Gasteiger partial charge on any atom is -0.497 e. The van der Waals surface area contributed by atoms with Gasteiger partial charge in [0.1, 0.15) is 5.75 Å². The first-order valence-electron chi connectivity index (χ1n) is 7.88. The Labute approximate surface area is 145 Å². The Kier molecular flexibility index (Phi) is 5.03. The van der Waals surface area contributed by atoms with Gasteiger partial charge in [0.25, 0.3) is 0 Å². The summed E-state index contributed by atoms with van der Waals surface area (Å²) < 4.78 is 6.35. The van der Waals surface area contributed by atoms with E-state index in [0.29, 0.717) is 0 Å². The summed E-state index contributed by atoms with van der Waals surface area (Å²) in [5.74, 6) is 0.871. The molecule has 0 aliphatic heterocycles. The average Bonchev–Trinajstić information content (AvgIpc) is 2.95. The van der Waals surface area contributed by atoms with E-state index in [1.807, 2.05) is 12.1 Å². The van der Waals surface area contributed by atoms with Crippen LogP contribution in [-0.2, 0) is 6.42 Å². The van der Waals surface area contributed by atoms with Crippen molar-refractivity contribution in [1.29, 1.82) is 0 Å². The number of aromatic nitrogens is 1. The molecule has 1 aromatic heterocycles. The molecule has 4 heteroatoms. The third-order valence-corrected chi connectivity index (χ3v) is 4.81. The van der Waals surface area contributed by atoms with Crippen LogP contribution in [0.2, 0.25) is 0 Å². The fourth-order valence-corrected chi connectivity index (χ4v) is 3.41. The van der Waals surface area contributed by atoms with Gasteiger partial charge in [-0.15, -0.1) is 0 Å². The molecule has 0 fully saturated rings. The molecule has 3 N–H and O–H groups in total. The molecule has 2 aromatic carbocycles. The zero-order chi connectivity index (χ0) is 16.2. The number of unbranched alkanes of at least 4 members (excludes halogenated alkanes) is 1. The second kappa shape index (κ2) is 7.20. The number of para-hydroxylation sites is 1. The highest BCUT2D eigenvalue weighted by Gasteiger charge is 2.14. The van der Waals surface area contributed by atoms with Crippen molar-refractivity contribution in [1.82, 2.24) is 4.98 Å². The predicted molar refractivity (Wildman–Crippen MR) is 100.0 cm³/mol. The van der Waals surface area contributed by atoms with Gasteiger partial charge in [0.15, 0.2) is 0 Å². The van der Waals surface area contributed by atoms with E-state index in [9.17, 15) is 0 Å². The fraction of sp³-hybridized carbons (Fsp3) is 0.263. The Bertz CT molecular complexity index is 793. The first kappa shape index (κ1) is 16.1. The Hall–Kier alpha value is -1.78. The van der Waals surface area contributed by atoms with Crippen molar-refractivity contribution in [3.8, 4) is 17.0 Å². The first-order valence-corrected chi connectivity index (χ1v) is 8.67. The molecular formula is C19H21BrN2O. The molecule has 3 nitrogen and oxygen atoms in total. The lowest BCUT2D eigenvalue weighted by molar-refractivity contribution is 0.415. The van der Waals surface area contributed by atoms with Gasteiger partial charge >= 0.3 is 0 Å². The number of aromatic amines is 1. The monoisotopic (exact) mass is 372 g/mol. The van der Waals surface area contributed by atoms with E-state index in [1.165, 1.54) is 22.2 Å². The molecule has 0 unspecified atom stereocenters. The smallest absolute Gasteiger partial charge is 0.118 e. The number of hydrogen-bond acceptors (Lipinski definition) is 2. The van der Waals surface area contributed by atoms with Crippen LogP contribution in [0.4, 0.5) is 0 Å². The molecule has 0 radical (unpaired) electrons. The number of fused-ring (bicyclic) bond motifs is 1. The number of ether oxygens (including phenoxy) is 1. The second-order valence-electron chi connectivity index (χ2n) is 5.62. The second-order valence-corrected chi connectivity index (χ2v) is 6.47. The van der Waals surface area contributed by atoms with Crippen molar-refractivity contribution in [3.05, 3.63) is 52.5 Å². The van der Waals surface area contributed by atoms with Gasteiger partial charge in [-0.2, -0.15) is 0 Å². The maximum Gasteiger partial charge on any atom is 0.118 e. The Morgan fingerprint density at radius 3 is 2.57 bits per heavy atom. The minimum absolute atomic E-state index is 0.740. The molecule has 0 atom stereocenters. The number of rotatable bonds is 6. The van der Waals surface area contributed by atoms with E-state index in [0.717, 1.165) is 41.5 Å². The predicted octanol–water partition coefficient (Wildman–Crippen LogP) is 4.89. The number of nitrogens with two attached hydrogens (primary N) is 1. The lowest BCUT2D eigenvalue weighted by atomic mass is 10.0. The van der Waals surface area contributed by atoms with E-state index in [1.54, 1.807) is 7.11 Å². The largest absolute Gasteiger partial charge is 0.497 e. The maximum atomic E-state index is 5.66. The Morgan fingerprint density at radius 1 is 1.09 bits per heavy atom. The van der Waals surface area contributed by atoms with Crippen LogP contribution in [-0.4, -0.2) is 18.6 Å². The van der Waals surface area contributed by atoms with Gasteiger partial charge in [0.2, 0.25) is 0 Å². The number of nitrogens with one attached hydrogen (secondary N) is 1. The maximum absolute atomic E-state index is 5.66. The number of halogens is 1. The van der Waals surface area contributed by atoms with Crippen LogP contribution in [0.3, 0.4) is 0 Å². The molecule has 3 rings (SSSR count). The highest BCUT2D eigenvalue weighted by Crippen LogP contribution is 2.35. The van der Waals surface area contributed by atoms with Crippen molar-refractivity contribution >= 4 is 26.8 Å². The summed E-state index contributed by atoms with van der Waals surface area (Å²) in [6.07, 6.45) is 3.16. The van der Waals surface area contributed by atoms with Gasteiger partial charge in [-0.05, 0) is 83.2 Å². The van der Waals surface area contributed by atoms with E-state index in [4.69, 9.17) is 10.5 Å². The van der Waals surface area contributed by atoms with Gasteiger partial charge in [-0.1, -0.05) is 12.1 Å². The molecular weight excluding hydrogens is 352 g/mol. The first-order chi connectivity index (χ1) is 11.2. The average molecular weight is 373 g/mol. The van der Waals surface area contributed by atoms with Crippen molar-refractivity contribution < 1.29 is 4.74 Å². The van der Waals surface area contributed by atoms with Crippen molar-refractivity contribution in [2.75, 3.05) is 13.7 Å². The summed E-state index contributed by atoms with van der Waals surface area (Å²) in [6.45, 7) is 0.740. The molecule has 0 saturated carbocycles. The fourth-order valence-electron chi connectivity index (χ4n) is 2.95. The SMILES string of the molecule is COc1ccc(-c2[nH]c3c(Br)cccc3c2CCCCN)cc1. The lowest BCUT2D eigenvalue weighted by Gasteiger charge is -2.06. The molecule has 0 saturated heterocycles. The summed E-state index contributed by atoms with van der Waals surface area (Å²) in [4.78, 5) is 3.59. The van der Waals surface area contributed by atoms with Crippen LogP contribution < -0.4 is 10.5 Å². The summed E-state index contributed by atoms with van der Waals surface area (Å²) in [5.41, 5.74) is 10.5. The third kappa shape index (κ3) is 3.28. The van der Waals surface area contributed by atoms with Crippen molar-refractivity contribution in [2.45, 2.75) is 19.3 Å². The van der Waals surface area contributed by atoms with Gasteiger partial charge in [0, 0.05) is 15.6 Å². The molecule has 0 bridgehead atoms. The van der Waals surface area contributed by atoms with Crippen LogP contribution >= 0.6 is 15.9 Å². The van der Waals surface area contributed by atoms with E-state index < -0.39 is 0 Å². The molecule has 0 aliphatic rings. The Balaban J connectivity index is 2.09. The third-order valence-electron chi connectivity index (χ3n) is 4.15. The highest BCUT2D eigenvalue weighted by atomic mass is 79.9. The van der Waals surface area contributed by atoms with E-state index in [2.05, 4.69) is 51.2 Å². The Morgan fingerprint density at radius 2 is 1.87 bits per heavy atom. The number of H-pyrrole nitrogens is 1.